The van der Waals surface area contributed by atoms with Crippen molar-refractivity contribution in [3.05, 3.63) is 59.7 Å². The fraction of sp³-hybridized carbons (Fsp3) is 0.250. The SMILES string of the molecule is Cc1cc(CNCCO)ccc1Oc1ccccc1. The van der Waals surface area contributed by atoms with E-state index in [-0.39, 0.29) is 6.61 Å². The largest absolute Gasteiger partial charge is 0.457 e. The van der Waals surface area contributed by atoms with Crippen molar-refractivity contribution in [2.75, 3.05) is 13.2 Å². The average molecular weight is 257 g/mol. The minimum absolute atomic E-state index is 0.161. The molecular weight excluding hydrogens is 238 g/mol. The Kier molecular flexibility index (Phi) is 4.95. The van der Waals surface area contributed by atoms with E-state index in [2.05, 4.69) is 11.4 Å². The number of aryl methyl sites for hydroxylation is 1. The number of hydrogen-bond acceptors (Lipinski definition) is 3. The molecule has 0 fully saturated rings. The Labute approximate surface area is 113 Å². The minimum atomic E-state index is 0.161. The summed E-state index contributed by atoms with van der Waals surface area (Å²) in [7, 11) is 0. The fourth-order valence-electron chi connectivity index (χ4n) is 1.86. The van der Waals surface area contributed by atoms with Crippen molar-refractivity contribution >= 4 is 0 Å². The van der Waals surface area contributed by atoms with Gasteiger partial charge >= 0.3 is 0 Å². The monoisotopic (exact) mass is 257 g/mol. The molecule has 0 spiro atoms. The molecule has 0 aliphatic carbocycles. The van der Waals surface area contributed by atoms with Crippen molar-refractivity contribution in [2.24, 2.45) is 0 Å². The van der Waals surface area contributed by atoms with Gasteiger partial charge in [0.05, 0.1) is 6.61 Å². The van der Waals surface area contributed by atoms with Crippen molar-refractivity contribution < 1.29 is 9.84 Å². The van der Waals surface area contributed by atoms with Gasteiger partial charge in [-0.2, -0.15) is 0 Å². The maximum absolute atomic E-state index is 8.72. The highest BCUT2D eigenvalue weighted by atomic mass is 16.5. The number of nitrogens with one attached hydrogen (secondary N) is 1. The van der Waals surface area contributed by atoms with Crippen LogP contribution in [0, 0.1) is 6.92 Å². The second-order valence-corrected chi connectivity index (χ2v) is 4.42. The van der Waals surface area contributed by atoms with Gasteiger partial charge < -0.3 is 15.2 Å². The topological polar surface area (TPSA) is 41.5 Å². The van der Waals surface area contributed by atoms with E-state index in [1.54, 1.807) is 0 Å². The lowest BCUT2D eigenvalue weighted by molar-refractivity contribution is 0.292. The van der Waals surface area contributed by atoms with E-state index < -0.39 is 0 Å². The zero-order chi connectivity index (χ0) is 13.5. The molecule has 0 aliphatic heterocycles. The molecule has 2 N–H and O–H groups in total. The third kappa shape index (κ3) is 4.09. The molecule has 3 heteroatoms. The zero-order valence-corrected chi connectivity index (χ0v) is 11.1. The summed E-state index contributed by atoms with van der Waals surface area (Å²) in [5.41, 5.74) is 2.29. The molecule has 3 nitrogen and oxygen atoms in total. The van der Waals surface area contributed by atoms with Gasteiger partial charge in [-0.15, -0.1) is 0 Å². The van der Waals surface area contributed by atoms with Crippen LogP contribution in [0.5, 0.6) is 11.5 Å². The molecule has 0 aromatic heterocycles. The van der Waals surface area contributed by atoms with E-state index >= 15 is 0 Å². The molecule has 19 heavy (non-hydrogen) atoms. The number of aliphatic hydroxyl groups excluding tert-OH is 1. The van der Waals surface area contributed by atoms with Crippen LogP contribution < -0.4 is 10.1 Å². The maximum atomic E-state index is 8.72. The quantitative estimate of drug-likeness (QED) is 0.782. The third-order valence-corrected chi connectivity index (χ3v) is 2.83. The summed E-state index contributed by atoms with van der Waals surface area (Å²) in [4.78, 5) is 0. The Morgan fingerprint density at radius 3 is 2.58 bits per heavy atom. The molecule has 0 heterocycles. The molecule has 0 unspecified atom stereocenters. The summed E-state index contributed by atoms with van der Waals surface area (Å²) in [6.07, 6.45) is 0. The number of aliphatic hydroxyl groups is 1. The van der Waals surface area contributed by atoms with Crippen LogP contribution in [0.15, 0.2) is 48.5 Å². The van der Waals surface area contributed by atoms with Gasteiger partial charge in [0, 0.05) is 13.1 Å². The first kappa shape index (κ1) is 13.6. The maximum Gasteiger partial charge on any atom is 0.130 e. The first-order valence-corrected chi connectivity index (χ1v) is 6.43. The Bertz CT molecular complexity index is 511. The molecule has 0 radical (unpaired) electrons. The first-order chi connectivity index (χ1) is 9.29. The number of ether oxygens (including phenoxy) is 1. The number of para-hydroxylation sites is 1. The molecule has 2 aromatic carbocycles. The van der Waals surface area contributed by atoms with Crippen LogP contribution >= 0.6 is 0 Å². The molecule has 0 amide bonds. The highest BCUT2D eigenvalue weighted by molar-refractivity contribution is 5.39. The van der Waals surface area contributed by atoms with Crippen LogP contribution in [0.4, 0.5) is 0 Å². The van der Waals surface area contributed by atoms with E-state index in [1.165, 1.54) is 5.56 Å². The van der Waals surface area contributed by atoms with Crippen molar-refractivity contribution in [1.29, 1.82) is 0 Å². The van der Waals surface area contributed by atoms with Crippen molar-refractivity contribution in [2.45, 2.75) is 13.5 Å². The van der Waals surface area contributed by atoms with Gasteiger partial charge in [-0.3, -0.25) is 0 Å². The second-order valence-electron chi connectivity index (χ2n) is 4.42. The van der Waals surface area contributed by atoms with Gasteiger partial charge in [0.2, 0.25) is 0 Å². The van der Waals surface area contributed by atoms with Gasteiger partial charge in [-0.1, -0.05) is 30.3 Å². The molecular formula is C16H19NO2. The summed E-state index contributed by atoms with van der Waals surface area (Å²) >= 11 is 0. The number of rotatable bonds is 6. The van der Waals surface area contributed by atoms with Crippen molar-refractivity contribution in [3.8, 4) is 11.5 Å². The summed E-state index contributed by atoms with van der Waals surface area (Å²) in [5, 5.41) is 11.9. The van der Waals surface area contributed by atoms with Crippen molar-refractivity contribution in [1.82, 2.24) is 5.32 Å². The second kappa shape index (κ2) is 6.92. The van der Waals surface area contributed by atoms with Crippen LogP contribution in [-0.2, 0) is 6.54 Å². The zero-order valence-electron chi connectivity index (χ0n) is 11.1. The van der Waals surface area contributed by atoms with E-state index in [1.807, 2.05) is 49.4 Å². The van der Waals surface area contributed by atoms with Crippen molar-refractivity contribution in [3.63, 3.8) is 0 Å². The van der Waals surface area contributed by atoms with Gasteiger partial charge in [0.1, 0.15) is 11.5 Å². The normalized spacial score (nSPS) is 10.4. The van der Waals surface area contributed by atoms with E-state index in [9.17, 15) is 0 Å². The molecule has 0 saturated heterocycles. The van der Waals surface area contributed by atoms with Gasteiger partial charge in [0.25, 0.3) is 0 Å². The van der Waals surface area contributed by atoms with Crippen LogP contribution in [0.1, 0.15) is 11.1 Å². The van der Waals surface area contributed by atoms with E-state index in [0.29, 0.717) is 6.54 Å². The molecule has 0 saturated carbocycles. The molecule has 2 aromatic rings. The Morgan fingerprint density at radius 1 is 1.11 bits per heavy atom. The summed E-state index contributed by atoms with van der Waals surface area (Å²) in [6, 6.07) is 15.9. The van der Waals surface area contributed by atoms with Crippen LogP contribution in [0.25, 0.3) is 0 Å². The van der Waals surface area contributed by atoms with Crippen LogP contribution in [-0.4, -0.2) is 18.3 Å². The third-order valence-electron chi connectivity index (χ3n) is 2.83. The molecule has 100 valence electrons. The highest BCUT2D eigenvalue weighted by Gasteiger charge is 2.02. The molecule has 0 atom stereocenters. The number of hydrogen-bond donors (Lipinski definition) is 2. The molecule has 0 bridgehead atoms. The van der Waals surface area contributed by atoms with E-state index in [0.717, 1.165) is 23.6 Å². The molecule has 2 rings (SSSR count). The van der Waals surface area contributed by atoms with Gasteiger partial charge in [-0.25, -0.2) is 0 Å². The van der Waals surface area contributed by atoms with Gasteiger partial charge in [0.15, 0.2) is 0 Å². The average Bonchev–Trinajstić information content (AvgIpc) is 2.43. The van der Waals surface area contributed by atoms with Gasteiger partial charge in [-0.05, 0) is 36.2 Å². The summed E-state index contributed by atoms with van der Waals surface area (Å²) in [6.45, 7) is 3.57. The predicted molar refractivity (Wildman–Crippen MR) is 76.5 cm³/mol. The lowest BCUT2D eigenvalue weighted by Gasteiger charge is -2.10. The summed E-state index contributed by atoms with van der Waals surface area (Å²) in [5.74, 6) is 1.72. The Balaban J connectivity index is 2.03. The van der Waals surface area contributed by atoms with Crippen LogP contribution in [0.3, 0.4) is 0 Å². The first-order valence-electron chi connectivity index (χ1n) is 6.43. The molecule has 0 aliphatic rings. The Hall–Kier alpha value is -1.84. The summed E-state index contributed by atoms with van der Waals surface area (Å²) < 4.78 is 5.83. The minimum Gasteiger partial charge on any atom is -0.457 e. The highest BCUT2D eigenvalue weighted by Crippen LogP contribution is 2.25. The lowest BCUT2D eigenvalue weighted by atomic mass is 10.1. The standard InChI is InChI=1S/C16H19NO2/c1-13-11-14(12-17-9-10-18)7-8-16(13)19-15-5-3-2-4-6-15/h2-8,11,17-18H,9-10,12H2,1H3. The predicted octanol–water partition coefficient (Wildman–Crippen LogP) is 2.87. The van der Waals surface area contributed by atoms with E-state index in [4.69, 9.17) is 9.84 Å². The smallest absolute Gasteiger partial charge is 0.130 e. The fourth-order valence-corrected chi connectivity index (χ4v) is 1.86. The Morgan fingerprint density at radius 2 is 1.89 bits per heavy atom. The van der Waals surface area contributed by atoms with Crippen LogP contribution in [0.2, 0.25) is 0 Å². The number of benzene rings is 2. The lowest BCUT2D eigenvalue weighted by Crippen LogP contribution is -2.17.